The average molecular weight is 491 g/mol. The summed E-state index contributed by atoms with van der Waals surface area (Å²) in [5, 5.41) is 0. The van der Waals surface area contributed by atoms with Gasteiger partial charge in [-0.15, -0.1) is 0 Å². The van der Waals surface area contributed by atoms with Crippen molar-refractivity contribution >= 4 is 21.9 Å². The normalized spacial score (nSPS) is 14.4. The predicted molar refractivity (Wildman–Crippen MR) is 125 cm³/mol. The zero-order valence-corrected chi connectivity index (χ0v) is 20.5. The molecule has 0 radical (unpaired) electrons. The lowest BCUT2D eigenvalue weighted by Crippen LogP contribution is -2.40. The fourth-order valence-corrected chi connectivity index (χ4v) is 4.89. The Balaban J connectivity index is 1.61. The van der Waals surface area contributed by atoms with Crippen LogP contribution in [-0.4, -0.2) is 76.1 Å². The Bertz CT molecular complexity index is 1110. The lowest BCUT2D eigenvalue weighted by molar-refractivity contribution is -0.133. The van der Waals surface area contributed by atoms with E-state index in [-0.39, 0.29) is 29.5 Å². The summed E-state index contributed by atoms with van der Waals surface area (Å²) in [7, 11) is -2.14. The van der Waals surface area contributed by atoms with Gasteiger partial charge in [0.1, 0.15) is 5.75 Å². The van der Waals surface area contributed by atoms with Gasteiger partial charge in [-0.2, -0.15) is 4.31 Å². The maximum Gasteiger partial charge on any atom is 0.338 e. The molecule has 1 aliphatic heterocycles. The van der Waals surface area contributed by atoms with Crippen LogP contribution in [0.2, 0.25) is 0 Å². The van der Waals surface area contributed by atoms with Gasteiger partial charge in [-0.05, 0) is 49.2 Å². The molecule has 10 heteroatoms. The molecule has 0 saturated carbocycles. The number of esters is 1. The first-order valence-corrected chi connectivity index (χ1v) is 12.5. The summed E-state index contributed by atoms with van der Waals surface area (Å²) in [5.74, 6) is -0.376. The van der Waals surface area contributed by atoms with Crippen LogP contribution in [0.1, 0.15) is 28.4 Å². The molecule has 34 heavy (non-hydrogen) atoms. The van der Waals surface area contributed by atoms with Crippen molar-refractivity contribution in [2.24, 2.45) is 0 Å². The molecule has 0 atom stereocenters. The number of benzene rings is 2. The number of nitrogens with zero attached hydrogens (tertiary/aromatic N) is 2. The summed E-state index contributed by atoms with van der Waals surface area (Å²) in [6.45, 7) is 5.21. The Labute approximate surface area is 200 Å². The van der Waals surface area contributed by atoms with Gasteiger partial charge in [0.15, 0.2) is 6.61 Å². The minimum absolute atomic E-state index is 0.00546. The first-order chi connectivity index (χ1) is 16.2. The van der Waals surface area contributed by atoms with Crippen LogP contribution in [0.5, 0.6) is 5.75 Å². The van der Waals surface area contributed by atoms with Gasteiger partial charge in [-0.1, -0.05) is 18.2 Å². The SMILES string of the molecule is CCOc1ccc(CN(C)C(=O)COC(=O)c2cc(S(=O)(=O)N3CCOCC3)ccc2C)cc1. The minimum Gasteiger partial charge on any atom is -0.494 e. The van der Waals surface area contributed by atoms with Crippen LogP contribution < -0.4 is 4.74 Å². The predicted octanol–water partition coefficient (Wildman–Crippen LogP) is 2.23. The van der Waals surface area contributed by atoms with Crippen LogP contribution in [0, 0.1) is 6.92 Å². The van der Waals surface area contributed by atoms with E-state index in [1.807, 2.05) is 31.2 Å². The van der Waals surface area contributed by atoms with E-state index in [0.717, 1.165) is 11.3 Å². The molecule has 3 rings (SSSR count). The van der Waals surface area contributed by atoms with Crippen LogP contribution in [0.25, 0.3) is 0 Å². The van der Waals surface area contributed by atoms with Crippen molar-refractivity contribution in [2.45, 2.75) is 25.3 Å². The molecule has 0 spiro atoms. The second-order valence-electron chi connectivity index (χ2n) is 7.90. The summed E-state index contributed by atoms with van der Waals surface area (Å²) in [6, 6.07) is 11.7. The highest BCUT2D eigenvalue weighted by Gasteiger charge is 2.27. The highest BCUT2D eigenvalue weighted by atomic mass is 32.2. The van der Waals surface area contributed by atoms with E-state index in [1.165, 1.54) is 21.3 Å². The number of hydrogen-bond donors (Lipinski definition) is 0. The quantitative estimate of drug-likeness (QED) is 0.497. The molecular formula is C24H30N2O7S. The van der Waals surface area contributed by atoms with Crippen LogP contribution in [0.4, 0.5) is 0 Å². The van der Waals surface area contributed by atoms with Crippen molar-refractivity contribution < 1.29 is 32.2 Å². The molecule has 2 aromatic rings. The number of ether oxygens (including phenoxy) is 3. The molecule has 0 aromatic heterocycles. The van der Waals surface area contributed by atoms with Gasteiger partial charge in [-0.25, -0.2) is 13.2 Å². The molecule has 2 aromatic carbocycles. The number of hydrogen-bond acceptors (Lipinski definition) is 7. The van der Waals surface area contributed by atoms with Gasteiger partial charge in [0, 0.05) is 26.7 Å². The van der Waals surface area contributed by atoms with Crippen molar-refractivity contribution in [3.63, 3.8) is 0 Å². The third-order valence-corrected chi connectivity index (χ3v) is 7.34. The van der Waals surface area contributed by atoms with Crippen LogP contribution in [0.3, 0.4) is 0 Å². The lowest BCUT2D eigenvalue weighted by atomic mass is 10.1. The summed E-state index contributed by atoms with van der Waals surface area (Å²) in [5.41, 5.74) is 1.57. The van der Waals surface area contributed by atoms with Gasteiger partial charge in [0.05, 0.1) is 30.3 Å². The van der Waals surface area contributed by atoms with E-state index >= 15 is 0 Å². The van der Waals surface area contributed by atoms with Gasteiger partial charge >= 0.3 is 5.97 Å². The van der Waals surface area contributed by atoms with Crippen LogP contribution >= 0.6 is 0 Å². The summed E-state index contributed by atoms with van der Waals surface area (Å²) < 4.78 is 43.0. The molecule has 1 heterocycles. The van der Waals surface area contributed by atoms with Gasteiger partial charge in [0.2, 0.25) is 10.0 Å². The molecule has 1 saturated heterocycles. The Hall–Kier alpha value is -2.95. The lowest BCUT2D eigenvalue weighted by Gasteiger charge is -2.26. The fraction of sp³-hybridized carbons (Fsp3) is 0.417. The summed E-state index contributed by atoms with van der Waals surface area (Å²) in [6.07, 6.45) is 0. The first-order valence-electron chi connectivity index (χ1n) is 11.0. The van der Waals surface area contributed by atoms with E-state index in [0.29, 0.717) is 31.9 Å². The van der Waals surface area contributed by atoms with E-state index in [4.69, 9.17) is 14.2 Å². The van der Waals surface area contributed by atoms with Gasteiger partial charge in [-0.3, -0.25) is 4.79 Å². The zero-order valence-electron chi connectivity index (χ0n) is 19.7. The molecule has 0 aliphatic carbocycles. The van der Waals surface area contributed by atoms with Crippen molar-refractivity contribution in [3.8, 4) is 5.75 Å². The number of likely N-dealkylation sites (N-methyl/N-ethyl adjacent to an activating group) is 1. The highest BCUT2D eigenvalue weighted by molar-refractivity contribution is 7.89. The molecule has 1 amide bonds. The zero-order chi connectivity index (χ0) is 24.7. The standard InChI is InChI=1S/C24H30N2O7S/c1-4-32-20-8-6-19(7-9-20)16-25(3)23(27)17-33-24(28)22-15-21(10-5-18(22)2)34(29,30)26-11-13-31-14-12-26/h5-10,15H,4,11-14,16-17H2,1-3H3. The molecule has 9 nitrogen and oxygen atoms in total. The summed E-state index contributed by atoms with van der Waals surface area (Å²) >= 11 is 0. The fourth-order valence-electron chi connectivity index (χ4n) is 3.45. The number of morpholine rings is 1. The number of carbonyl (C=O) groups excluding carboxylic acids is 2. The monoisotopic (exact) mass is 490 g/mol. The first kappa shape index (κ1) is 25.7. The number of amides is 1. The topological polar surface area (TPSA) is 102 Å². The maximum atomic E-state index is 12.9. The van der Waals surface area contributed by atoms with E-state index < -0.39 is 22.6 Å². The van der Waals surface area contributed by atoms with Crippen molar-refractivity contribution in [1.29, 1.82) is 0 Å². The maximum absolute atomic E-state index is 12.9. The second-order valence-corrected chi connectivity index (χ2v) is 9.83. The molecule has 0 N–H and O–H groups in total. The van der Waals surface area contributed by atoms with E-state index in [9.17, 15) is 18.0 Å². The average Bonchev–Trinajstić information content (AvgIpc) is 2.84. The van der Waals surface area contributed by atoms with Crippen LogP contribution in [-0.2, 0) is 30.8 Å². The molecule has 1 aliphatic rings. The Morgan fingerprint density at radius 2 is 1.76 bits per heavy atom. The Morgan fingerprint density at radius 3 is 2.41 bits per heavy atom. The van der Waals surface area contributed by atoms with Crippen molar-refractivity contribution in [1.82, 2.24) is 9.21 Å². The number of aryl methyl sites for hydroxylation is 1. The third kappa shape index (κ3) is 6.34. The number of carbonyl (C=O) groups is 2. The van der Waals surface area contributed by atoms with Crippen LogP contribution in [0.15, 0.2) is 47.4 Å². The van der Waals surface area contributed by atoms with Crippen molar-refractivity contribution in [3.05, 3.63) is 59.2 Å². The Kier molecular flexibility index (Phi) is 8.65. The molecule has 0 unspecified atom stereocenters. The molecule has 0 bridgehead atoms. The molecular weight excluding hydrogens is 460 g/mol. The second kappa shape index (κ2) is 11.5. The van der Waals surface area contributed by atoms with Gasteiger partial charge < -0.3 is 19.1 Å². The number of sulfonamides is 1. The van der Waals surface area contributed by atoms with E-state index in [1.54, 1.807) is 20.0 Å². The number of rotatable bonds is 9. The minimum atomic E-state index is -3.76. The van der Waals surface area contributed by atoms with Crippen molar-refractivity contribution in [2.75, 3.05) is 46.6 Å². The summed E-state index contributed by atoms with van der Waals surface area (Å²) in [4.78, 5) is 26.6. The van der Waals surface area contributed by atoms with Gasteiger partial charge in [0.25, 0.3) is 5.91 Å². The highest BCUT2D eigenvalue weighted by Crippen LogP contribution is 2.21. The molecule has 184 valence electrons. The molecule has 1 fully saturated rings. The smallest absolute Gasteiger partial charge is 0.338 e. The van der Waals surface area contributed by atoms with E-state index in [2.05, 4.69) is 0 Å². The third-order valence-electron chi connectivity index (χ3n) is 5.44. The Morgan fingerprint density at radius 1 is 1.09 bits per heavy atom. The largest absolute Gasteiger partial charge is 0.494 e.